The fourth-order valence-corrected chi connectivity index (χ4v) is 4.12. The third-order valence-corrected chi connectivity index (χ3v) is 5.36. The van der Waals surface area contributed by atoms with E-state index in [1.807, 2.05) is 6.92 Å². The Kier molecular flexibility index (Phi) is 4.24. The average molecular weight is 288 g/mol. The van der Waals surface area contributed by atoms with Crippen LogP contribution in [-0.2, 0) is 21.3 Å². The Labute approximate surface area is 113 Å². The minimum Gasteiger partial charge on any atom is -0.378 e. The summed E-state index contributed by atoms with van der Waals surface area (Å²) in [5, 5.41) is 6.67. The predicted octanol–water partition coefficient (Wildman–Crippen LogP) is -0.0237. The molecule has 7 nitrogen and oxygen atoms in total. The maximum absolute atomic E-state index is 12.7. The minimum absolute atomic E-state index is 0.0489. The molecule has 1 fully saturated rings. The molecule has 0 saturated carbocycles. The molecule has 1 aromatic rings. The van der Waals surface area contributed by atoms with Crippen molar-refractivity contribution in [1.29, 1.82) is 0 Å². The van der Waals surface area contributed by atoms with Gasteiger partial charge in [0.15, 0.2) is 5.03 Å². The number of nitrogens with two attached hydrogens (primary N) is 1. The Bertz CT molecular complexity index is 540. The van der Waals surface area contributed by atoms with Gasteiger partial charge in [-0.2, -0.15) is 9.40 Å². The SMILES string of the molecule is CCC1COCCN1S(=O)(=O)c1n[nH]c(C)c1CN. The lowest BCUT2D eigenvalue weighted by molar-refractivity contribution is 0.0313. The fourth-order valence-electron chi connectivity index (χ4n) is 2.27. The van der Waals surface area contributed by atoms with Crippen LogP contribution in [0.15, 0.2) is 5.03 Å². The molecule has 0 aromatic carbocycles. The first-order valence-electron chi connectivity index (χ1n) is 6.35. The molecule has 19 heavy (non-hydrogen) atoms. The molecule has 0 radical (unpaired) electrons. The molecule has 1 atom stereocenters. The van der Waals surface area contributed by atoms with Crippen molar-refractivity contribution in [1.82, 2.24) is 14.5 Å². The second kappa shape index (κ2) is 5.58. The summed E-state index contributed by atoms with van der Waals surface area (Å²) < 4.78 is 32.2. The van der Waals surface area contributed by atoms with Gasteiger partial charge >= 0.3 is 0 Å². The van der Waals surface area contributed by atoms with Crippen LogP contribution in [0.4, 0.5) is 0 Å². The zero-order valence-electron chi connectivity index (χ0n) is 11.2. The second-order valence-corrected chi connectivity index (χ2v) is 6.40. The highest BCUT2D eigenvalue weighted by Gasteiger charge is 2.36. The van der Waals surface area contributed by atoms with E-state index >= 15 is 0 Å². The third-order valence-electron chi connectivity index (χ3n) is 3.44. The molecule has 2 rings (SSSR count). The summed E-state index contributed by atoms with van der Waals surface area (Å²) in [6.45, 7) is 5.06. The van der Waals surface area contributed by atoms with E-state index in [0.29, 0.717) is 37.4 Å². The van der Waals surface area contributed by atoms with Gasteiger partial charge in [-0.15, -0.1) is 0 Å². The van der Waals surface area contributed by atoms with Gasteiger partial charge in [0.1, 0.15) is 0 Å². The number of nitrogens with one attached hydrogen (secondary N) is 1. The van der Waals surface area contributed by atoms with Gasteiger partial charge in [-0.25, -0.2) is 8.42 Å². The number of aryl methyl sites for hydroxylation is 1. The molecular weight excluding hydrogens is 268 g/mol. The third kappa shape index (κ3) is 2.53. The van der Waals surface area contributed by atoms with Crippen LogP contribution in [0.5, 0.6) is 0 Å². The molecule has 1 saturated heterocycles. The summed E-state index contributed by atoms with van der Waals surface area (Å²) in [7, 11) is -3.61. The van der Waals surface area contributed by atoms with Crippen LogP contribution < -0.4 is 5.73 Å². The van der Waals surface area contributed by atoms with E-state index in [1.165, 1.54) is 4.31 Å². The molecule has 0 amide bonds. The van der Waals surface area contributed by atoms with Crippen LogP contribution in [0.2, 0.25) is 0 Å². The molecule has 0 spiro atoms. The molecule has 2 heterocycles. The number of hydrogen-bond donors (Lipinski definition) is 2. The molecule has 3 N–H and O–H groups in total. The van der Waals surface area contributed by atoms with Crippen LogP contribution in [-0.4, -0.2) is 48.7 Å². The number of H-pyrrole nitrogens is 1. The maximum atomic E-state index is 12.7. The molecule has 108 valence electrons. The van der Waals surface area contributed by atoms with Crippen molar-refractivity contribution in [3.05, 3.63) is 11.3 Å². The predicted molar refractivity (Wildman–Crippen MR) is 70.0 cm³/mol. The van der Waals surface area contributed by atoms with E-state index in [4.69, 9.17) is 10.5 Å². The zero-order chi connectivity index (χ0) is 14.0. The summed E-state index contributed by atoms with van der Waals surface area (Å²) in [6, 6.07) is -0.138. The summed E-state index contributed by atoms with van der Waals surface area (Å²) in [5.74, 6) is 0. The average Bonchev–Trinajstić information content (AvgIpc) is 2.80. The standard InChI is InChI=1S/C11H20N4O3S/c1-3-9-7-18-5-4-15(9)19(16,17)11-10(6-12)8(2)13-14-11/h9H,3-7,12H2,1-2H3,(H,13,14). The first-order valence-corrected chi connectivity index (χ1v) is 7.79. The van der Waals surface area contributed by atoms with Crippen LogP contribution in [0.3, 0.4) is 0 Å². The van der Waals surface area contributed by atoms with Crippen LogP contribution >= 0.6 is 0 Å². The van der Waals surface area contributed by atoms with Crippen molar-refractivity contribution >= 4 is 10.0 Å². The zero-order valence-corrected chi connectivity index (χ0v) is 12.0. The van der Waals surface area contributed by atoms with Crippen LogP contribution in [0, 0.1) is 6.92 Å². The Morgan fingerprint density at radius 1 is 1.58 bits per heavy atom. The number of rotatable bonds is 4. The maximum Gasteiger partial charge on any atom is 0.263 e. The van der Waals surface area contributed by atoms with Crippen molar-refractivity contribution in [3.63, 3.8) is 0 Å². The van der Waals surface area contributed by atoms with Crippen LogP contribution in [0.1, 0.15) is 24.6 Å². The lowest BCUT2D eigenvalue weighted by Crippen LogP contribution is -2.48. The summed E-state index contributed by atoms with van der Waals surface area (Å²) in [5.41, 5.74) is 6.88. The molecule has 1 aliphatic rings. The molecule has 8 heteroatoms. The Morgan fingerprint density at radius 2 is 2.32 bits per heavy atom. The highest BCUT2D eigenvalue weighted by atomic mass is 32.2. The van der Waals surface area contributed by atoms with Gasteiger partial charge in [0, 0.05) is 30.4 Å². The van der Waals surface area contributed by atoms with Gasteiger partial charge in [-0.3, -0.25) is 5.10 Å². The molecule has 0 bridgehead atoms. The van der Waals surface area contributed by atoms with Crippen molar-refractivity contribution < 1.29 is 13.2 Å². The van der Waals surface area contributed by atoms with Gasteiger partial charge in [-0.1, -0.05) is 6.92 Å². The van der Waals surface area contributed by atoms with Gasteiger partial charge in [-0.05, 0) is 13.3 Å². The highest BCUT2D eigenvalue weighted by Crippen LogP contribution is 2.24. The van der Waals surface area contributed by atoms with Crippen molar-refractivity contribution in [2.24, 2.45) is 5.73 Å². The lowest BCUT2D eigenvalue weighted by Gasteiger charge is -2.33. The highest BCUT2D eigenvalue weighted by molar-refractivity contribution is 7.89. The van der Waals surface area contributed by atoms with Crippen molar-refractivity contribution in [2.45, 2.75) is 37.9 Å². The first kappa shape index (κ1) is 14.4. The van der Waals surface area contributed by atoms with Crippen LogP contribution in [0.25, 0.3) is 0 Å². The van der Waals surface area contributed by atoms with Crippen molar-refractivity contribution in [2.75, 3.05) is 19.8 Å². The van der Waals surface area contributed by atoms with E-state index in [-0.39, 0.29) is 17.6 Å². The minimum atomic E-state index is -3.61. The van der Waals surface area contributed by atoms with E-state index < -0.39 is 10.0 Å². The number of aromatic nitrogens is 2. The number of sulfonamides is 1. The Morgan fingerprint density at radius 3 is 2.95 bits per heavy atom. The fraction of sp³-hybridized carbons (Fsp3) is 0.727. The van der Waals surface area contributed by atoms with E-state index in [2.05, 4.69) is 10.2 Å². The number of aromatic amines is 1. The number of morpholine rings is 1. The van der Waals surface area contributed by atoms with Gasteiger partial charge in [0.25, 0.3) is 10.0 Å². The largest absolute Gasteiger partial charge is 0.378 e. The van der Waals surface area contributed by atoms with Gasteiger partial charge < -0.3 is 10.5 Å². The normalized spacial score (nSPS) is 21.7. The lowest BCUT2D eigenvalue weighted by atomic mass is 10.2. The molecule has 1 aliphatic heterocycles. The topological polar surface area (TPSA) is 101 Å². The number of nitrogens with zero attached hydrogens (tertiary/aromatic N) is 2. The number of hydrogen-bond acceptors (Lipinski definition) is 5. The monoisotopic (exact) mass is 288 g/mol. The van der Waals surface area contributed by atoms with E-state index in [9.17, 15) is 8.42 Å². The molecule has 1 aromatic heterocycles. The first-order chi connectivity index (χ1) is 9.02. The second-order valence-electron chi connectivity index (χ2n) is 4.59. The smallest absolute Gasteiger partial charge is 0.263 e. The van der Waals surface area contributed by atoms with E-state index in [1.54, 1.807) is 6.92 Å². The summed E-state index contributed by atoms with van der Waals surface area (Å²) in [4.78, 5) is 0. The summed E-state index contributed by atoms with van der Waals surface area (Å²) >= 11 is 0. The van der Waals surface area contributed by atoms with Gasteiger partial charge in [0.05, 0.1) is 13.2 Å². The molecule has 1 unspecified atom stereocenters. The Balaban J connectivity index is 2.40. The molecule has 0 aliphatic carbocycles. The van der Waals surface area contributed by atoms with E-state index in [0.717, 1.165) is 0 Å². The number of ether oxygens (including phenoxy) is 1. The Hall–Kier alpha value is -0.960. The quantitative estimate of drug-likeness (QED) is 0.810. The molecular formula is C11H20N4O3S. The summed E-state index contributed by atoms with van der Waals surface area (Å²) in [6.07, 6.45) is 0.709. The van der Waals surface area contributed by atoms with Crippen molar-refractivity contribution in [3.8, 4) is 0 Å². The van der Waals surface area contributed by atoms with Gasteiger partial charge in [0.2, 0.25) is 0 Å².